The summed E-state index contributed by atoms with van der Waals surface area (Å²) >= 11 is 1.75. The Kier molecular flexibility index (Phi) is 3.56. The van der Waals surface area contributed by atoms with Crippen LogP contribution in [0.25, 0.3) is 22.4 Å². The molecule has 2 heterocycles. The molecule has 0 saturated carbocycles. The van der Waals surface area contributed by atoms with Gasteiger partial charge in [-0.05, 0) is 43.2 Å². The predicted molar refractivity (Wildman–Crippen MR) is 95.9 cm³/mol. The average molecular weight is 292 g/mol. The Hall–Kier alpha value is -2.07. The lowest BCUT2D eigenvalue weighted by Gasteiger charge is -2.06. The van der Waals surface area contributed by atoms with Crippen LogP contribution in [0.5, 0.6) is 0 Å². The molecule has 4 heteroatoms. The maximum absolute atomic E-state index is 4.73. The van der Waals surface area contributed by atoms with Crippen LogP contribution in [-0.2, 0) is 0 Å². The highest BCUT2D eigenvalue weighted by molar-refractivity contribution is 7.26. The van der Waals surface area contributed by atoms with E-state index in [1.165, 1.54) is 21.5 Å². The summed E-state index contributed by atoms with van der Waals surface area (Å²) in [5, 5.41) is 0. The van der Waals surface area contributed by atoms with Crippen LogP contribution in [0.15, 0.2) is 37.4 Å². The lowest BCUT2D eigenvalue weighted by molar-refractivity contribution is 1.12. The number of hydrogen-bond donors (Lipinski definition) is 0. The van der Waals surface area contributed by atoms with Crippen LogP contribution >= 0.6 is 11.3 Å². The molecule has 0 bridgehead atoms. The second-order valence-electron chi connectivity index (χ2n) is 5.08. The molecule has 0 amide bonds. The first-order chi connectivity index (χ1) is 10.2. The van der Waals surface area contributed by atoms with Gasteiger partial charge in [-0.1, -0.05) is 31.4 Å². The zero-order valence-corrected chi connectivity index (χ0v) is 13.2. The largest absolute Gasteiger partial charge is 0.385 e. The van der Waals surface area contributed by atoms with E-state index >= 15 is 0 Å². The van der Waals surface area contributed by atoms with Crippen LogP contribution in [0.1, 0.15) is 22.5 Å². The van der Waals surface area contributed by atoms with Crippen molar-refractivity contribution < 1.29 is 0 Å². The predicted octanol–water partition coefficient (Wildman–Crippen LogP) is 3.53. The summed E-state index contributed by atoms with van der Waals surface area (Å²) in [5.41, 5.74) is 5.88. The molecule has 0 aliphatic rings. The monoisotopic (exact) mass is 292 g/mol. The number of benzene rings is 1. The molecule has 0 aliphatic carbocycles. The third kappa shape index (κ3) is 2.26. The second-order valence-corrected chi connectivity index (χ2v) is 6.19. The van der Waals surface area contributed by atoms with Gasteiger partial charge in [-0.2, -0.15) is 0 Å². The number of hydrogen-bond acceptors (Lipinski definition) is 2. The molecule has 104 valence electrons. The van der Waals surface area contributed by atoms with Crippen molar-refractivity contribution in [3.8, 4) is 0 Å². The molecular formula is C17H17BN2S. The van der Waals surface area contributed by atoms with E-state index in [4.69, 9.17) is 4.98 Å². The van der Waals surface area contributed by atoms with Crippen molar-refractivity contribution in [1.82, 2.24) is 9.46 Å². The fourth-order valence-electron chi connectivity index (χ4n) is 2.83. The van der Waals surface area contributed by atoms with Gasteiger partial charge in [0.2, 0.25) is 0 Å². The van der Waals surface area contributed by atoms with Gasteiger partial charge in [0.15, 0.2) is 0 Å². The van der Waals surface area contributed by atoms with E-state index in [-0.39, 0.29) is 0 Å². The van der Waals surface area contributed by atoms with Gasteiger partial charge >= 0.3 is 7.41 Å². The zero-order valence-electron chi connectivity index (χ0n) is 12.4. The fourth-order valence-corrected chi connectivity index (χ4v) is 3.78. The van der Waals surface area contributed by atoms with E-state index in [0.717, 1.165) is 23.5 Å². The minimum atomic E-state index is 0.779. The standard InChI is InChI=1S/C17H17BN2S/c1-5-13-11(3)15(6-2)20(12(13)4)18-17-19-14-9-7-8-10-16(14)21-17/h5-10,18H,1-2H2,3-4H3. The molecule has 21 heavy (non-hydrogen) atoms. The molecule has 2 aromatic heterocycles. The van der Waals surface area contributed by atoms with Crippen molar-refractivity contribution in [1.29, 1.82) is 0 Å². The Morgan fingerprint density at radius 1 is 1.19 bits per heavy atom. The highest BCUT2D eigenvalue weighted by Crippen LogP contribution is 2.23. The number of para-hydroxylation sites is 1. The van der Waals surface area contributed by atoms with Crippen LogP contribution in [0.3, 0.4) is 0 Å². The molecule has 0 spiro atoms. The fraction of sp³-hybridized carbons (Fsp3) is 0.118. The van der Waals surface area contributed by atoms with Crippen molar-refractivity contribution in [3.05, 3.63) is 59.9 Å². The number of aromatic nitrogens is 2. The molecule has 3 rings (SSSR count). The van der Waals surface area contributed by atoms with Gasteiger partial charge in [0.1, 0.15) is 0 Å². The van der Waals surface area contributed by atoms with E-state index in [1.54, 1.807) is 11.3 Å². The first-order valence-electron chi connectivity index (χ1n) is 6.94. The SMILES string of the molecule is C=Cc1c(C)c(C=C)n(Bc2nc3ccccc3s2)c1C. The normalized spacial score (nSPS) is 10.8. The molecule has 0 N–H and O–H groups in total. The van der Waals surface area contributed by atoms with Gasteiger partial charge in [-0.3, -0.25) is 0 Å². The molecule has 0 fully saturated rings. The van der Waals surface area contributed by atoms with E-state index in [2.05, 4.69) is 49.7 Å². The van der Waals surface area contributed by atoms with Crippen LogP contribution in [0, 0.1) is 13.8 Å². The third-order valence-corrected chi connectivity index (χ3v) is 4.92. The van der Waals surface area contributed by atoms with Crippen LogP contribution in [0.4, 0.5) is 0 Å². The molecule has 3 aromatic rings. The Morgan fingerprint density at radius 2 is 1.95 bits per heavy atom. The van der Waals surface area contributed by atoms with Gasteiger partial charge < -0.3 is 4.48 Å². The van der Waals surface area contributed by atoms with Gasteiger partial charge in [0.25, 0.3) is 0 Å². The summed E-state index contributed by atoms with van der Waals surface area (Å²) in [7, 11) is 0.779. The summed E-state index contributed by atoms with van der Waals surface area (Å²) in [6.07, 6.45) is 3.84. The molecule has 0 unspecified atom stereocenters. The van der Waals surface area contributed by atoms with Crippen molar-refractivity contribution in [3.63, 3.8) is 0 Å². The van der Waals surface area contributed by atoms with E-state index < -0.39 is 0 Å². The molecule has 0 radical (unpaired) electrons. The van der Waals surface area contributed by atoms with Gasteiger partial charge in [0, 0.05) is 11.4 Å². The second kappa shape index (κ2) is 5.37. The van der Waals surface area contributed by atoms with E-state index in [1.807, 2.05) is 18.2 Å². The Balaban J connectivity index is 2.08. The van der Waals surface area contributed by atoms with Crippen LogP contribution < -0.4 is 4.91 Å². The Morgan fingerprint density at radius 3 is 2.62 bits per heavy atom. The number of rotatable bonds is 4. The highest BCUT2D eigenvalue weighted by Gasteiger charge is 2.16. The zero-order chi connectivity index (χ0) is 15.0. The van der Waals surface area contributed by atoms with Gasteiger partial charge in [0.05, 0.1) is 15.1 Å². The first kappa shape index (κ1) is 13.9. The van der Waals surface area contributed by atoms with Crippen molar-refractivity contribution in [2.45, 2.75) is 13.8 Å². The summed E-state index contributed by atoms with van der Waals surface area (Å²) in [4.78, 5) is 5.85. The van der Waals surface area contributed by atoms with Gasteiger partial charge in [-0.25, -0.2) is 4.98 Å². The summed E-state index contributed by atoms with van der Waals surface area (Å²) in [5.74, 6) is 0. The smallest absolute Gasteiger partial charge is 0.309 e. The average Bonchev–Trinajstić information content (AvgIpc) is 2.98. The highest BCUT2D eigenvalue weighted by atomic mass is 32.1. The number of fused-ring (bicyclic) bond motifs is 1. The summed E-state index contributed by atoms with van der Waals surface area (Å²) in [6.45, 7) is 12.1. The molecule has 0 aliphatic heterocycles. The lowest BCUT2D eigenvalue weighted by atomic mass is 9.94. The lowest BCUT2D eigenvalue weighted by Crippen LogP contribution is -2.23. The number of nitrogens with zero attached hydrogens (tertiary/aromatic N) is 2. The number of thiazole rings is 1. The molecule has 1 aromatic carbocycles. The Bertz CT molecular complexity index is 809. The Labute approximate surface area is 129 Å². The maximum atomic E-state index is 4.73. The topological polar surface area (TPSA) is 17.8 Å². The molecule has 0 saturated heterocycles. The van der Waals surface area contributed by atoms with E-state index in [0.29, 0.717) is 0 Å². The first-order valence-corrected chi connectivity index (χ1v) is 7.76. The maximum Gasteiger partial charge on any atom is 0.309 e. The molecule has 2 nitrogen and oxygen atoms in total. The molecule has 0 atom stereocenters. The van der Waals surface area contributed by atoms with Crippen molar-refractivity contribution in [2.75, 3.05) is 0 Å². The van der Waals surface area contributed by atoms with E-state index in [9.17, 15) is 0 Å². The van der Waals surface area contributed by atoms with Crippen LogP contribution in [-0.4, -0.2) is 16.9 Å². The summed E-state index contributed by atoms with van der Waals surface area (Å²) < 4.78 is 3.51. The van der Waals surface area contributed by atoms with Crippen LogP contribution in [0.2, 0.25) is 0 Å². The minimum Gasteiger partial charge on any atom is -0.385 e. The third-order valence-electron chi connectivity index (χ3n) is 3.90. The summed E-state index contributed by atoms with van der Waals surface area (Å²) in [6, 6.07) is 8.27. The van der Waals surface area contributed by atoms with Crippen molar-refractivity contribution >= 4 is 46.0 Å². The quantitative estimate of drug-likeness (QED) is 0.673. The molecular weight excluding hydrogens is 275 g/mol. The minimum absolute atomic E-state index is 0.779. The van der Waals surface area contributed by atoms with Gasteiger partial charge in [-0.15, -0.1) is 11.3 Å². The van der Waals surface area contributed by atoms with Crippen molar-refractivity contribution in [2.24, 2.45) is 0 Å².